The maximum absolute atomic E-state index is 10.6. The number of hydrogen-bond donors (Lipinski definition) is 2. The van der Waals surface area contributed by atoms with Crippen molar-refractivity contribution in [2.24, 2.45) is 0 Å². The van der Waals surface area contributed by atoms with Gasteiger partial charge in [-0.05, 0) is 25.8 Å². The number of nitrogens with two attached hydrogens (primary N) is 1. The molecule has 1 aliphatic rings. The molecule has 0 aromatic carbocycles. The molecule has 19 heavy (non-hydrogen) atoms. The number of nitro groups is 1. The van der Waals surface area contributed by atoms with Crippen molar-refractivity contribution in [2.75, 3.05) is 18.9 Å². The van der Waals surface area contributed by atoms with Crippen LogP contribution in [0.1, 0.15) is 25.7 Å². The molecule has 0 saturated carbocycles. The normalized spacial score (nSPS) is 19.1. The zero-order valence-corrected chi connectivity index (χ0v) is 10.7. The summed E-state index contributed by atoms with van der Waals surface area (Å²) < 4.78 is 5.47. The van der Waals surface area contributed by atoms with Crippen LogP contribution in [0.25, 0.3) is 0 Å². The SMILES string of the molecule is Nc1nc(OCCC2CCCCN2)ccc1[N+](=O)[O-]. The van der Waals surface area contributed by atoms with Crippen molar-refractivity contribution in [2.45, 2.75) is 31.7 Å². The highest BCUT2D eigenvalue weighted by Gasteiger charge is 2.15. The van der Waals surface area contributed by atoms with Gasteiger partial charge in [0.1, 0.15) is 0 Å². The van der Waals surface area contributed by atoms with Gasteiger partial charge in [0.2, 0.25) is 11.7 Å². The molecule has 1 aliphatic heterocycles. The zero-order valence-electron chi connectivity index (χ0n) is 10.7. The quantitative estimate of drug-likeness (QED) is 0.618. The predicted molar refractivity (Wildman–Crippen MR) is 71.1 cm³/mol. The Labute approximate surface area is 111 Å². The van der Waals surface area contributed by atoms with Crippen molar-refractivity contribution in [3.05, 3.63) is 22.2 Å². The Morgan fingerprint density at radius 2 is 2.37 bits per heavy atom. The van der Waals surface area contributed by atoms with Gasteiger partial charge in [-0.25, -0.2) is 0 Å². The van der Waals surface area contributed by atoms with E-state index in [4.69, 9.17) is 10.5 Å². The first-order valence-corrected chi connectivity index (χ1v) is 6.44. The van der Waals surface area contributed by atoms with Crippen LogP contribution in [0.2, 0.25) is 0 Å². The molecule has 1 fully saturated rings. The summed E-state index contributed by atoms with van der Waals surface area (Å²) in [6.07, 6.45) is 4.55. The first-order valence-electron chi connectivity index (χ1n) is 6.44. The molecule has 1 atom stereocenters. The molecule has 1 aromatic heterocycles. The van der Waals surface area contributed by atoms with E-state index in [9.17, 15) is 10.1 Å². The van der Waals surface area contributed by atoms with Gasteiger partial charge < -0.3 is 15.8 Å². The van der Waals surface area contributed by atoms with E-state index in [1.54, 1.807) is 0 Å². The van der Waals surface area contributed by atoms with E-state index in [-0.39, 0.29) is 11.5 Å². The second-order valence-corrected chi connectivity index (χ2v) is 4.59. The summed E-state index contributed by atoms with van der Waals surface area (Å²) in [4.78, 5) is 13.9. The molecule has 7 heteroatoms. The lowest BCUT2D eigenvalue weighted by atomic mass is 10.0. The molecule has 0 spiro atoms. The van der Waals surface area contributed by atoms with Crippen molar-refractivity contribution in [3.63, 3.8) is 0 Å². The van der Waals surface area contributed by atoms with Crippen molar-refractivity contribution in [1.82, 2.24) is 10.3 Å². The van der Waals surface area contributed by atoms with Crippen LogP contribution in [-0.2, 0) is 0 Å². The topological polar surface area (TPSA) is 103 Å². The first-order chi connectivity index (χ1) is 9.16. The van der Waals surface area contributed by atoms with Crippen LogP contribution in [-0.4, -0.2) is 29.1 Å². The number of hydrogen-bond acceptors (Lipinski definition) is 6. The van der Waals surface area contributed by atoms with E-state index in [1.165, 1.54) is 31.4 Å². The van der Waals surface area contributed by atoms with Crippen LogP contribution in [0.15, 0.2) is 12.1 Å². The summed E-state index contributed by atoms with van der Waals surface area (Å²) in [6.45, 7) is 1.59. The molecule has 7 nitrogen and oxygen atoms in total. The molecule has 1 unspecified atom stereocenters. The smallest absolute Gasteiger partial charge is 0.311 e. The summed E-state index contributed by atoms with van der Waals surface area (Å²) in [5, 5.41) is 14.0. The number of piperidine rings is 1. The van der Waals surface area contributed by atoms with E-state index >= 15 is 0 Å². The van der Waals surface area contributed by atoms with Gasteiger partial charge in [-0.1, -0.05) is 6.42 Å². The number of ether oxygens (including phenoxy) is 1. The van der Waals surface area contributed by atoms with Crippen LogP contribution in [0, 0.1) is 10.1 Å². The van der Waals surface area contributed by atoms with Gasteiger partial charge in [0.05, 0.1) is 11.5 Å². The van der Waals surface area contributed by atoms with Crippen LogP contribution < -0.4 is 15.8 Å². The molecule has 2 heterocycles. The van der Waals surface area contributed by atoms with E-state index < -0.39 is 4.92 Å². The summed E-state index contributed by atoms with van der Waals surface area (Å²) in [5.74, 6) is 0.220. The third kappa shape index (κ3) is 3.78. The fraction of sp³-hybridized carbons (Fsp3) is 0.583. The van der Waals surface area contributed by atoms with Gasteiger partial charge in [-0.2, -0.15) is 4.98 Å². The number of rotatable bonds is 5. The Hall–Kier alpha value is -1.89. The Kier molecular flexibility index (Phi) is 4.51. The number of nitrogens with zero attached hydrogens (tertiary/aromatic N) is 2. The summed E-state index contributed by atoms with van der Waals surface area (Å²) in [6, 6.07) is 3.28. The lowest BCUT2D eigenvalue weighted by Crippen LogP contribution is -2.35. The van der Waals surface area contributed by atoms with Gasteiger partial charge in [-0.15, -0.1) is 0 Å². The highest BCUT2D eigenvalue weighted by Crippen LogP contribution is 2.22. The molecule has 3 N–H and O–H groups in total. The van der Waals surface area contributed by atoms with Crippen molar-refractivity contribution >= 4 is 11.5 Å². The molecule has 1 aromatic rings. The minimum Gasteiger partial charge on any atom is -0.478 e. The van der Waals surface area contributed by atoms with E-state index in [0.29, 0.717) is 18.5 Å². The zero-order chi connectivity index (χ0) is 13.7. The monoisotopic (exact) mass is 266 g/mol. The summed E-state index contributed by atoms with van der Waals surface area (Å²) in [7, 11) is 0. The van der Waals surface area contributed by atoms with E-state index in [0.717, 1.165) is 13.0 Å². The molecule has 104 valence electrons. The largest absolute Gasteiger partial charge is 0.478 e. The van der Waals surface area contributed by atoms with Gasteiger partial charge in [-0.3, -0.25) is 10.1 Å². The average molecular weight is 266 g/mol. The van der Waals surface area contributed by atoms with Gasteiger partial charge >= 0.3 is 5.69 Å². The van der Waals surface area contributed by atoms with E-state index in [2.05, 4.69) is 10.3 Å². The van der Waals surface area contributed by atoms with Crippen molar-refractivity contribution in [1.29, 1.82) is 0 Å². The number of aromatic nitrogens is 1. The van der Waals surface area contributed by atoms with Gasteiger partial charge in [0.25, 0.3) is 0 Å². The molecule has 0 amide bonds. The standard InChI is InChI=1S/C12H18N4O3/c13-12-10(16(17)18)4-5-11(15-12)19-8-6-9-3-1-2-7-14-9/h4-5,9,14H,1-3,6-8H2,(H2,13,15). The van der Waals surface area contributed by atoms with Crippen LogP contribution in [0.3, 0.4) is 0 Å². The van der Waals surface area contributed by atoms with Gasteiger partial charge in [0, 0.05) is 18.2 Å². The molecule has 0 aliphatic carbocycles. The van der Waals surface area contributed by atoms with Crippen molar-refractivity contribution < 1.29 is 9.66 Å². The van der Waals surface area contributed by atoms with Crippen LogP contribution >= 0.6 is 0 Å². The fourth-order valence-electron chi connectivity index (χ4n) is 2.16. The highest BCUT2D eigenvalue weighted by molar-refractivity contribution is 5.53. The number of anilines is 1. The second-order valence-electron chi connectivity index (χ2n) is 4.59. The molecular weight excluding hydrogens is 248 g/mol. The molecule has 0 radical (unpaired) electrons. The Morgan fingerprint density at radius 3 is 3.00 bits per heavy atom. The summed E-state index contributed by atoms with van der Waals surface area (Å²) in [5.41, 5.74) is 5.30. The Bertz CT molecular complexity index is 447. The first kappa shape index (κ1) is 13.5. The Morgan fingerprint density at radius 1 is 1.53 bits per heavy atom. The lowest BCUT2D eigenvalue weighted by molar-refractivity contribution is -0.384. The molecule has 0 bridgehead atoms. The highest BCUT2D eigenvalue weighted by atomic mass is 16.6. The molecular formula is C12H18N4O3. The van der Waals surface area contributed by atoms with Gasteiger partial charge in [0.15, 0.2) is 0 Å². The van der Waals surface area contributed by atoms with Crippen LogP contribution in [0.5, 0.6) is 5.88 Å². The summed E-state index contributed by atoms with van der Waals surface area (Å²) >= 11 is 0. The third-order valence-electron chi connectivity index (χ3n) is 3.20. The molecule has 1 saturated heterocycles. The average Bonchev–Trinajstić information content (AvgIpc) is 2.39. The van der Waals surface area contributed by atoms with E-state index in [1.807, 2.05) is 0 Å². The minimum absolute atomic E-state index is 0.113. The maximum Gasteiger partial charge on any atom is 0.311 e. The number of pyridine rings is 1. The second kappa shape index (κ2) is 6.33. The number of nitrogens with one attached hydrogen (secondary N) is 1. The number of nitrogen functional groups attached to an aromatic ring is 1. The maximum atomic E-state index is 10.6. The van der Waals surface area contributed by atoms with Crippen molar-refractivity contribution in [3.8, 4) is 5.88 Å². The minimum atomic E-state index is -0.557. The Balaban J connectivity index is 1.82. The van der Waals surface area contributed by atoms with Crippen LogP contribution in [0.4, 0.5) is 11.5 Å². The molecule has 2 rings (SSSR count). The lowest BCUT2D eigenvalue weighted by Gasteiger charge is -2.23. The fourth-order valence-corrected chi connectivity index (χ4v) is 2.16. The third-order valence-corrected chi connectivity index (χ3v) is 3.20. The predicted octanol–water partition coefficient (Wildman–Crippen LogP) is 1.48.